The lowest BCUT2D eigenvalue weighted by Gasteiger charge is -2.20. The molecule has 1 rings (SSSR count). The Kier molecular flexibility index (Phi) is 3.73. The molecule has 0 amide bonds. The lowest BCUT2D eigenvalue weighted by atomic mass is 10.3. The van der Waals surface area contributed by atoms with Crippen molar-refractivity contribution in [2.45, 2.75) is 0 Å². The Morgan fingerprint density at radius 3 is 2.23 bits per heavy atom. The number of hydrogen-bond donors (Lipinski definition) is 1. The molecule has 0 saturated carbocycles. The van der Waals surface area contributed by atoms with Gasteiger partial charge in [-0.05, 0) is 26.2 Å². The minimum absolute atomic E-state index is 0.844. The van der Waals surface area contributed by atoms with Gasteiger partial charge in [0.25, 0.3) is 0 Å². The third-order valence-electron chi connectivity index (χ3n) is 1.88. The first-order valence-corrected chi connectivity index (χ1v) is 4.42. The molecule has 3 heteroatoms. The number of rotatable bonds is 4. The second-order valence-corrected chi connectivity index (χ2v) is 3.33. The number of hydrazine groups is 1. The Hall–Kier alpha value is -1.06. The number of anilines is 1. The standard InChI is InChI=1S/C10H17N3/c1-12(2)8-9-13(11)10-6-4-3-5-7-10/h3-7H,8-9,11H2,1-2H3. The lowest BCUT2D eigenvalue weighted by Crippen LogP contribution is -2.36. The summed E-state index contributed by atoms with van der Waals surface area (Å²) < 4.78 is 0. The maximum atomic E-state index is 5.85. The molecular weight excluding hydrogens is 162 g/mol. The maximum absolute atomic E-state index is 5.85. The van der Waals surface area contributed by atoms with Crippen molar-refractivity contribution < 1.29 is 0 Å². The Morgan fingerprint density at radius 1 is 1.08 bits per heavy atom. The van der Waals surface area contributed by atoms with Crippen LogP contribution in [0.4, 0.5) is 5.69 Å². The fourth-order valence-corrected chi connectivity index (χ4v) is 1.06. The quantitative estimate of drug-likeness (QED) is 0.551. The van der Waals surface area contributed by atoms with Gasteiger partial charge in [0.2, 0.25) is 0 Å². The summed E-state index contributed by atoms with van der Waals surface area (Å²) in [5.41, 5.74) is 1.06. The average Bonchev–Trinajstić information content (AvgIpc) is 2.15. The van der Waals surface area contributed by atoms with E-state index in [9.17, 15) is 0 Å². The summed E-state index contributed by atoms with van der Waals surface area (Å²) in [7, 11) is 4.08. The average molecular weight is 179 g/mol. The molecule has 0 aromatic heterocycles. The first kappa shape index (κ1) is 10.0. The lowest BCUT2D eigenvalue weighted by molar-refractivity contribution is 0.414. The van der Waals surface area contributed by atoms with Gasteiger partial charge < -0.3 is 9.91 Å². The van der Waals surface area contributed by atoms with Crippen molar-refractivity contribution in [3.63, 3.8) is 0 Å². The molecule has 3 nitrogen and oxygen atoms in total. The van der Waals surface area contributed by atoms with Gasteiger partial charge in [-0.2, -0.15) is 0 Å². The molecule has 0 radical (unpaired) electrons. The Bertz CT molecular complexity index is 233. The highest BCUT2D eigenvalue weighted by Gasteiger charge is 1.99. The van der Waals surface area contributed by atoms with E-state index in [1.807, 2.05) is 44.4 Å². The highest BCUT2D eigenvalue weighted by molar-refractivity contribution is 5.44. The van der Waals surface area contributed by atoms with Crippen LogP contribution in [0.3, 0.4) is 0 Å². The van der Waals surface area contributed by atoms with Crippen molar-refractivity contribution in [1.82, 2.24) is 4.90 Å². The molecule has 0 atom stereocenters. The van der Waals surface area contributed by atoms with Crippen LogP contribution in [0.25, 0.3) is 0 Å². The van der Waals surface area contributed by atoms with Crippen molar-refractivity contribution >= 4 is 5.69 Å². The maximum Gasteiger partial charge on any atom is 0.0517 e. The van der Waals surface area contributed by atoms with Crippen LogP contribution in [0.1, 0.15) is 0 Å². The number of likely N-dealkylation sites (N-methyl/N-ethyl adjacent to an activating group) is 1. The molecule has 0 bridgehead atoms. The van der Waals surface area contributed by atoms with Crippen LogP contribution in [0.2, 0.25) is 0 Å². The molecule has 0 aliphatic rings. The highest BCUT2D eigenvalue weighted by Crippen LogP contribution is 2.08. The summed E-state index contributed by atoms with van der Waals surface area (Å²) >= 11 is 0. The van der Waals surface area contributed by atoms with Crippen LogP contribution in [0.15, 0.2) is 30.3 Å². The van der Waals surface area contributed by atoms with E-state index in [1.165, 1.54) is 0 Å². The Labute approximate surface area is 79.7 Å². The first-order valence-electron chi connectivity index (χ1n) is 4.42. The van der Waals surface area contributed by atoms with E-state index >= 15 is 0 Å². The number of benzene rings is 1. The second-order valence-electron chi connectivity index (χ2n) is 3.33. The van der Waals surface area contributed by atoms with E-state index in [-0.39, 0.29) is 0 Å². The number of hydrogen-bond acceptors (Lipinski definition) is 3. The summed E-state index contributed by atoms with van der Waals surface area (Å²) in [6.45, 7) is 1.81. The van der Waals surface area contributed by atoms with Gasteiger partial charge in [0.05, 0.1) is 5.69 Å². The minimum Gasteiger partial charge on any atom is -0.310 e. The van der Waals surface area contributed by atoms with Crippen molar-refractivity contribution in [3.8, 4) is 0 Å². The fourth-order valence-electron chi connectivity index (χ4n) is 1.06. The summed E-state index contributed by atoms with van der Waals surface area (Å²) in [4.78, 5) is 2.11. The third-order valence-corrected chi connectivity index (χ3v) is 1.88. The normalized spacial score (nSPS) is 10.5. The highest BCUT2D eigenvalue weighted by atomic mass is 15.4. The van der Waals surface area contributed by atoms with Gasteiger partial charge in [-0.1, -0.05) is 18.2 Å². The van der Waals surface area contributed by atoms with E-state index in [4.69, 9.17) is 5.84 Å². The van der Waals surface area contributed by atoms with E-state index < -0.39 is 0 Å². The van der Waals surface area contributed by atoms with Crippen LogP contribution in [-0.4, -0.2) is 32.1 Å². The Morgan fingerprint density at radius 2 is 1.69 bits per heavy atom. The second kappa shape index (κ2) is 4.84. The van der Waals surface area contributed by atoms with Crippen molar-refractivity contribution in [2.75, 3.05) is 32.2 Å². The predicted octanol–water partition coefficient (Wildman–Crippen LogP) is 0.928. The molecule has 0 fully saturated rings. The predicted molar refractivity (Wildman–Crippen MR) is 56.5 cm³/mol. The van der Waals surface area contributed by atoms with Gasteiger partial charge >= 0.3 is 0 Å². The SMILES string of the molecule is CN(C)CCN(N)c1ccccc1. The fraction of sp³-hybridized carbons (Fsp3) is 0.400. The summed E-state index contributed by atoms with van der Waals surface area (Å²) in [6.07, 6.45) is 0. The van der Waals surface area contributed by atoms with Gasteiger partial charge in [-0.15, -0.1) is 0 Å². The molecule has 13 heavy (non-hydrogen) atoms. The van der Waals surface area contributed by atoms with Gasteiger partial charge in [0.1, 0.15) is 0 Å². The monoisotopic (exact) mass is 179 g/mol. The zero-order chi connectivity index (χ0) is 9.68. The van der Waals surface area contributed by atoms with E-state index in [0.717, 1.165) is 18.8 Å². The summed E-state index contributed by atoms with van der Waals surface area (Å²) in [5.74, 6) is 5.85. The molecule has 0 aliphatic carbocycles. The molecular formula is C10H17N3. The van der Waals surface area contributed by atoms with Gasteiger partial charge in [-0.25, -0.2) is 5.84 Å². The zero-order valence-corrected chi connectivity index (χ0v) is 8.27. The molecule has 0 saturated heterocycles. The van der Waals surface area contributed by atoms with Gasteiger partial charge in [0.15, 0.2) is 0 Å². The molecule has 1 aromatic carbocycles. The largest absolute Gasteiger partial charge is 0.310 e. The van der Waals surface area contributed by atoms with Crippen molar-refractivity contribution in [1.29, 1.82) is 0 Å². The van der Waals surface area contributed by atoms with Crippen LogP contribution in [-0.2, 0) is 0 Å². The molecule has 72 valence electrons. The minimum atomic E-state index is 0.844. The van der Waals surface area contributed by atoms with Gasteiger partial charge in [0, 0.05) is 13.1 Å². The van der Waals surface area contributed by atoms with Gasteiger partial charge in [-0.3, -0.25) is 0 Å². The Balaban J connectivity index is 2.44. The molecule has 0 aliphatic heterocycles. The number of nitrogens with zero attached hydrogens (tertiary/aromatic N) is 2. The summed E-state index contributed by atoms with van der Waals surface area (Å²) in [6, 6.07) is 9.99. The first-order chi connectivity index (χ1) is 6.20. The summed E-state index contributed by atoms with van der Waals surface area (Å²) in [5, 5.41) is 1.76. The topological polar surface area (TPSA) is 32.5 Å². The van der Waals surface area contributed by atoms with Crippen molar-refractivity contribution in [3.05, 3.63) is 30.3 Å². The molecule has 2 N–H and O–H groups in total. The van der Waals surface area contributed by atoms with E-state index in [2.05, 4.69) is 4.90 Å². The zero-order valence-electron chi connectivity index (χ0n) is 8.27. The molecule has 1 aromatic rings. The van der Waals surface area contributed by atoms with Crippen LogP contribution in [0, 0.1) is 0 Å². The molecule has 0 heterocycles. The molecule has 0 spiro atoms. The van der Waals surface area contributed by atoms with Crippen LogP contribution >= 0.6 is 0 Å². The number of para-hydroxylation sites is 1. The molecule has 0 unspecified atom stereocenters. The van der Waals surface area contributed by atoms with Crippen molar-refractivity contribution in [2.24, 2.45) is 5.84 Å². The van der Waals surface area contributed by atoms with E-state index in [0.29, 0.717) is 0 Å². The third kappa shape index (κ3) is 3.44. The number of nitrogens with two attached hydrogens (primary N) is 1. The van der Waals surface area contributed by atoms with Crippen LogP contribution in [0.5, 0.6) is 0 Å². The smallest absolute Gasteiger partial charge is 0.0517 e. The van der Waals surface area contributed by atoms with Crippen LogP contribution < -0.4 is 10.9 Å². The van der Waals surface area contributed by atoms with E-state index in [1.54, 1.807) is 5.01 Å².